The standard InChI is InChI=1S/C12H13ClN2O2/c1-3-12(2,17)11(16)15-9-5-4-8(7-14)10(13)6-9/h4-6,17H,3H2,1-2H3,(H,15,16). The van der Waals surface area contributed by atoms with Crippen LogP contribution in [0.25, 0.3) is 0 Å². The largest absolute Gasteiger partial charge is 0.380 e. The number of halogens is 1. The van der Waals surface area contributed by atoms with Crippen LogP contribution in [0, 0.1) is 11.3 Å². The Morgan fingerprint density at radius 2 is 2.29 bits per heavy atom. The van der Waals surface area contributed by atoms with Gasteiger partial charge in [-0.15, -0.1) is 0 Å². The second kappa shape index (κ2) is 5.17. The summed E-state index contributed by atoms with van der Waals surface area (Å²) in [5.41, 5.74) is -0.625. The van der Waals surface area contributed by atoms with Gasteiger partial charge in [0.25, 0.3) is 5.91 Å². The zero-order chi connectivity index (χ0) is 13.1. The molecule has 0 bridgehead atoms. The Morgan fingerprint density at radius 1 is 1.65 bits per heavy atom. The summed E-state index contributed by atoms with van der Waals surface area (Å²) in [7, 11) is 0. The monoisotopic (exact) mass is 252 g/mol. The smallest absolute Gasteiger partial charge is 0.256 e. The molecule has 90 valence electrons. The molecule has 0 saturated heterocycles. The van der Waals surface area contributed by atoms with Gasteiger partial charge in [0.1, 0.15) is 11.7 Å². The van der Waals surface area contributed by atoms with E-state index in [1.807, 2.05) is 6.07 Å². The number of benzene rings is 1. The molecule has 5 heteroatoms. The lowest BCUT2D eigenvalue weighted by Gasteiger charge is -2.20. The lowest BCUT2D eigenvalue weighted by molar-refractivity contribution is -0.132. The van der Waals surface area contributed by atoms with Crippen molar-refractivity contribution in [3.05, 3.63) is 28.8 Å². The van der Waals surface area contributed by atoms with Gasteiger partial charge in [-0.3, -0.25) is 4.79 Å². The van der Waals surface area contributed by atoms with Crippen LogP contribution >= 0.6 is 11.6 Å². The molecule has 0 saturated carbocycles. The summed E-state index contributed by atoms with van der Waals surface area (Å²) in [6.45, 7) is 3.15. The molecule has 1 amide bonds. The van der Waals surface area contributed by atoms with Crippen LogP contribution in [-0.2, 0) is 4.79 Å². The van der Waals surface area contributed by atoms with Crippen LogP contribution in [0.15, 0.2) is 18.2 Å². The summed E-state index contributed by atoms with van der Waals surface area (Å²) in [6.07, 6.45) is 0.308. The molecular formula is C12H13ClN2O2. The van der Waals surface area contributed by atoms with E-state index in [1.165, 1.54) is 19.1 Å². The van der Waals surface area contributed by atoms with Crippen molar-refractivity contribution >= 4 is 23.2 Å². The Labute approximate surface area is 105 Å². The molecule has 1 aromatic carbocycles. The molecule has 0 aliphatic rings. The Bertz CT molecular complexity index is 478. The number of nitrogens with zero attached hydrogens (tertiary/aromatic N) is 1. The van der Waals surface area contributed by atoms with Crippen molar-refractivity contribution in [1.82, 2.24) is 0 Å². The average Bonchev–Trinajstić information content (AvgIpc) is 2.29. The topological polar surface area (TPSA) is 73.1 Å². The zero-order valence-corrected chi connectivity index (χ0v) is 10.4. The number of hydrogen-bond acceptors (Lipinski definition) is 3. The first-order valence-electron chi connectivity index (χ1n) is 5.14. The number of aliphatic hydroxyl groups is 1. The molecule has 17 heavy (non-hydrogen) atoms. The number of rotatable bonds is 3. The normalized spacial score (nSPS) is 13.6. The van der Waals surface area contributed by atoms with E-state index in [4.69, 9.17) is 16.9 Å². The van der Waals surface area contributed by atoms with E-state index >= 15 is 0 Å². The summed E-state index contributed by atoms with van der Waals surface area (Å²) in [4.78, 5) is 11.7. The van der Waals surface area contributed by atoms with Crippen molar-refractivity contribution in [2.24, 2.45) is 0 Å². The maximum Gasteiger partial charge on any atom is 0.256 e. The molecule has 1 rings (SSSR count). The summed E-state index contributed by atoms with van der Waals surface area (Å²) in [6, 6.07) is 6.48. The molecule has 1 aromatic rings. The molecule has 0 aromatic heterocycles. The summed E-state index contributed by atoms with van der Waals surface area (Å²) in [5, 5.41) is 21.2. The molecular weight excluding hydrogens is 240 g/mol. The quantitative estimate of drug-likeness (QED) is 0.867. The van der Waals surface area contributed by atoms with Crippen LogP contribution in [-0.4, -0.2) is 16.6 Å². The van der Waals surface area contributed by atoms with Crippen molar-refractivity contribution in [2.45, 2.75) is 25.9 Å². The molecule has 1 atom stereocenters. The maximum absolute atomic E-state index is 11.7. The van der Waals surface area contributed by atoms with E-state index in [0.29, 0.717) is 17.7 Å². The van der Waals surface area contributed by atoms with Crippen molar-refractivity contribution in [1.29, 1.82) is 5.26 Å². The SMILES string of the molecule is CCC(C)(O)C(=O)Nc1ccc(C#N)c(Cl)c1. The molecule has 4 nitrogen and oxygen atoms in total. The van der Waals surface area contributed by atoms with E-state index < -0.39 is 11.5 Å². The second-order valence-corrected chi connectivity index (χ2v) is 4.30. The highest BCUT2D eigenvalue weighted by molar-refractivity contribution is 6.32. The predicted molar refractivity (Wildman–Crippen MR) is 65.7 cm³/mol. The van der Waals surface area contributed by atoms with Gasteiger partial charge in [0.05, 0.1) is 10.6 Å². The highest BCUT2D eigenvalue weighted by Crippen LogP contribution is 2.21. The van der Waals surface area contributed by atoms with Crippen molar-refractivity contribution in [2.75, 3.05) is 5.32 Å². The number of carbonyl (C=O) groups excluding carboxylic acids is 1. The van der Waals surface area contributed by atoms with Gasteiger partial charge in [-0.1, -0.05) is 18.5 Å². The van der Waals surface area contributed by atoms with E-state index in [0.717, 1.165) is 0 Å². The van der Waals surface area contributed by atoms with Crippen molar-refractivity contribution < 1.29 is 9.90 Å². The first kappa shape index (κ1) is 13.5. The molecule has 1 unspecified atom stereocenters. The minimum Gasteiger partial charge on any atom is -0.380 e. The summed E-state index contributed by atoms with van der Waals surface area (Å²) in [5.74, 6) is -0.499. The van der Waals surface area contributed by atoms with Gasteiger partial charge >= 0.3 is 0 Å². The molecule has 0 heterocycles. The number of carbonyl (C=O) groups is 1. The van der Waals surface area contributed by atoms with E-state index in [1.54, 1.807) is 13.0 Å². The number of hydrogen-bond donors (Lipinski definition) is 2. The zero-order valence-electron chi connectivity index (χ0n) is 9.62. The van der Waals surface area contributed by atoms with Gasteiger partial charge in [0.2, 0.25) is 0 Å². The first-order chi connectivity index (χ1) is 7.90. The van der Waals surface area contributed by atoms with Crippen LogP contribution < -0.4 is 5.32 Å². The van der Waals surface area contributed by atoms with Crippen LogP contribution in [0.3, 0.4) is 0 Å². The van der Waals surface area contributed by atoms with Crippen molar-refractivity contribution in [3.63, 3.8) is 0 Å². The van der Waals surface area contributed by atoms with Crippen LogP contribution in [0.4, 0.5) is 5.69 Å². The van der Waals surface area contributed by atoms with Gasteiger partial charge in [-0.25, -0.2) is 0 Å². The maximum atomic E-state index is 11.7. The highest BCUT2D eigenvalue weighted by atomic mass is 35.5. The molecule has 0 aliphatic heterocycles. The second-order valence-electron chi connectivity index (χ2n) is 3.89. The number of amides is 1. The fourth-order valence-corrected chi connectivity index (χ4v) is 1.33. The minimum atomic E-state index is -1.42. The molecule has 0 radical (unpaired) electrons. The van der Waals surface area contributed by atoms with Crippen LogP contribution in [0.5, 0.6) is 0 Å². The Hall–Kier alpha value is -1.57. The molecule has 0 spiro atoms. The van der Waals surface area contributed by atoms with E-state index in [2.05, 4.69) is 5.32 Å². The number of anilines is 1. The number of nitriles is 1. The Morgan fingerprint density at radius 3 is 2.76 bits per heavy atom. The first-order valence-corrected chi connectivity index (χ1v) is 5.52. The Balaban J connectivity index is 2.88. The highest BCUT2D eigenvalue weighted by Gasteiger charge is 2.27. The van der Waals surface area contributed by atoms with E-state index in [9.17, 15) is 9.90 Å². The Kier molecular flexibility index (Phi) is 4.11. The number of nitrogens with one attached hydrogen (secondary N) is 1. The lowest BCUT2D eigenvalue weighted by atomic mass is 10.0. The third-order valence-corrected chi connectivity index (χ3v) is 2.84. The third-order valence-electron chi connectivity index (χ3n) is 2.53. The van der Waals surface area contributed by atoms with Gasteiger partial charge in [-0.05, 0) is 31.5 Å². The van der Waals surface area contributed by atoms with Gasteiger partial charge in [0, 0.05) is 5.69 Å². The van der Waals surface area contributed by atoms with E-state index in [-0.39, 0.29) is 5.02 Å². The lowest BCUT2D eigenvalue weighted by Crippen LogP contribution is -2.39. The molecule has 0 aliphatic carbocycles. The van der Waals surface area contributed by atoms with Gasteiger partial charge in [-0.2, -0.15) is 5.26 Å². The third kappa shape index (κ3) is 3.19. The van der Waals surface area contributed by atoms with Gasteiger partial charge < -0.3 is 10.4 Å². The van der Waals surface area contributed by atoms with Gasteiger partial charge in [0.15, 0.2) is 0 Å². The minimum absolute atomic E-state index is 0.265. The van der Waals surface area contributed by atoms with Crippen molar-refractivity contribution in [3.8, 4) is 6.07 Å². The predicted octanol–water partition coefficient (Wildman–Crippen LogP) is 2.31. The fraction of sp³-hybridized carbons (Fsp3) is 0.333. The fourth-order valence-electron chi connectivity index (χ4n) is 1.11. The summed E-state index contributed by atoms with van der Waals surface area (Å²) >= 11 is 5.82. The average molecular weight is 253 g/mol. The molecule has 2 N–H and O–H groups in total. The summed E-state index contributed by atoms with van der Waals surface area (Å²) < 4.78 is 0. The molecule has 0 fully saturated rings. The van der Waals surface area contributed by atoms with Crippen LogP contribution in [0.2, 0.25) is 5.02 Å². The van der Waals surface area contributed by atoms with Crippen LogP contribution in [0.1, 0.15) is 25.8 Å².